The van der Waals surface area contributed by atoms with E-state index in [0.29, 0.717) is 12.5 Å². The number of ether oxygens (including phenoxy) is 2. The van der Waals surface area contributed by atoms with Crippen LogP contribution in [0.4, 0.5) is 0 Å². The molecule has 0 saturated heterocycles. The fraction of sp³-hybridized carbons (Fsp3) is 0.571. The molecule has 0 radical (unpaired) electrons. The van der Waals surface area contributed by atoms with E-state index in [4.69, 9.17) is 21.1 Å². The summed E-state index contributed by atoms with van der Waals surface area (Å²) in [5.41, 5.74) is 2.63. The van der Waals surface area contributed by atoms with Crippen molar-refractivity contribution in [1.82, 2.24) is 0 Å². The Morgan fingerprint density at radius 1 is 1.47 bits per heavy atom. The highest BCUT2D eigenvalue weighted by Gasteiger charge is 2.19. The predicted octanol–water partition coefficient (Wildman–Crippen LogP) is 3.72. The van der Waals surface area contributed by atoms with Crippen LogP contribution in [0.3, 0.4) is 0 Å². The first-order valence-corrected chi connectivity index (χ1v) is 6.81. The fourth-order valence-corrected chi connectivity index (χ4v) is 2.48. The molecule has 0 N–H and O–H groups in total. The maximum Gasteiger partial charge on any atom is 0.119 e. The van der Waals surface area contributed by atoms with Gasteiger partial charge in [-0.15, -0.1) is 11.6 Å². The minimum atomic E-state index is 0.153. The van der Waals surface area contributed by atoms with Crippen molar-refractivity contribution in [3.63, 3.8) is 0 Å². The van der Waals surface area contributed by atoms with E-state index in [1.807, 2.05) is 13.0 Å². The second kappa shape index (κ2) is 6.27. The van der Waals surface area contributed by atoms with Crippen LogP contribution >= 0.6 is 11.6 Å². The highest BCUT2D eigenvalue weighted by Crippen LogP contribution is 2.31. The normalized spacial score (nSPS) is 19.5. The summed E-state index contributed by atoms with van der Waals surface area (Å²) in [5.74, 6) is 1.59. The summed E-state index contributed by atoms with van der Waals surface area (Å²) < 4.78 is 11.4. The third-order valence-corrected chi connectivity index (χ3v) is 3.27. The number of fused-ring (bicyclic) bond motifs is 1. The van der Waals surface area contributed by atoms with E-state index in [1.54, 1.807) is 0 Å². The molecule has 1 aliphatic rings. The summed E-state index contributed by atoms with van der Waals surface area (Å²) in [6, 6.07) is 6.30. The average Bonchev–Trinajstić information content (AvgIpc) is 2.53. The van der Waals surface area contributed by atoms with Crippen LogP contribution in [0.5, 0.6) is 5.75 Å². The van der Waals surface area contributed by atoms with Crippen LogP contribution in [0.2, 0.25) is 0 Å². The molecule has 17 heavy (non-hydrogen) atoms. The van der Waals surface area contributed by atoms with Crippen LogP contribution in [0.15, 0.2) is 18.2 Å². The predicted molar refractivity (Wildman–Crippen MR) is 70.0 cm³/mol. The van der Waals surface area contributed by atoms with Gasteiger partial charge < -0.3 is 9.47 Å². The molecule has 94 valence electrons. The lowest BCUT2D eigenvalue weighted by molar-refractivity contribution is 0.0546. The molecule has 1 aliphatic heterocycles. The quantitative estimate of drug-likeness (QED) is 0.763. The standard InChI is InChI=1S/C14H19ClO2/c1-2-16-12-5-6-13-11(10-12)4-3-9-17-14(13)7-8-15/h5-6,10,14H,2-4,7-9H2,1H3. The van der Waals surface area contributed by atoms with Gasteiger partial charge in [0, 0.05) is 12.5 Å². The third-order valence-electron chi connectivity index (χ3n) is 3.05. The lowest BCUT2D eigenvalue weighted by Gasteiger charge is -2.17. The van der Waals surface area contributed by atoms with Crippen LogP contribution in [0.25, 0.3) is 0 Å². The Balaban J connectivity index is 2.25. The van der Waals surface area contributed by atoms with E-state index in [2.05, 4.69) is 12.1 Å². The zero-order valence-corrected chi connectivity index (χ0v) is 11.0. The summed E-state index contributed by atoms with van der Waals surface area (Å²) in [7, 11) is 0. The molecule has 2 nitrogen and oxygen atoms in total. The van der Waals surface area contributed by atoms with Gasteiger partial charge in [0.05, 0.1) is 12.7 Å². The molecule has 0 aliphatic carbocycles. The molecule has 1 aromatic carbocycles. The van der Waals surface area contributed by atoms with Crippen LogP contribution in [-0.2, 0) is 11.2 Å². The Morgan fingerprint density at radius 2 is 2.35 bits per heavy atom. The first-order valence-electron chi connectivity index (χ1n) is 6.28. The number of hydrogen-bond donors (Lipinski definition) is 0. The summed E-state index contributed by atoms with van der Waals surface area (Å²) in [4.78, 5) is 0. The first kappa shape index (κ1) is 12.7. The molecule has 0 saturated carbocycles. The molecule has 0 spiro atoms. The second-order valence-corrected chi connectivity index (χ2v) is 4.61. The van der Waals surface area contributed by atoms with Crippen molar-refractivity contribution in [3.05, 3.63) is 29.3 Å². The minimum absolute atomic E-state index is 0.153. The van der Waals surface area contributed by atoms with E-state index in [9.17, 15) is 0 Å². The Hall–Kier alpha value is -0.730. The second-order valence-electron chi connectivity index (χ2n) is 4.23. The van der Waals surface area contributed by atoms with Gasteiger partial charge in [-0.3, -0.25) is 0 Å². The molecular weight excluding hydrogens is 236 g/mol. The van der Waals surface area contributed by atoms with Crippen LogP contribution in [0, 0.1) is 0 Å². The zero-order chi connectivity index (χ0) is 12.1. The molecule has 1 aromatic rings. The fourth-order valence-electron chi connectivity index (χ4n) is 2.29. The van der Waals surface area contributed by atoms with Gasteiger partial charge in [-0.1, -0.05) is 6.07 Å². The highest BCUT2D eigenvalue weighted by molar-refractivity contribution is 6.17. The lowest BCUT2D eigenvalue weighted by Crippen LogP contribution is -2.05. The van der Waals surface area contributed by atoms with Gasteiger partial charge >= 0.3 is 0 Å². The number of halogens is 1. The SMILES string of the molecule is CCOc1ccc2c(c1)CCCOC2CCCl. The maximum absolute atomic E-state index is 5.84. The molecule has 0 bridgehead atoms. The number of rotatable bonds is 4. The first-order chi connectivity index (χ1) is 8.35. The van der Waals surface area contributed by atoms with Crippen LogP contribution in [-0.4, -0.2) is 19.1 Å². The highest BCUT2D eigenvalue weighted by atomic mass is 35.5. The Labute approximate surface area is 108 Å². The van der Waals surface area contributed by atoms with Gasteiger partial charge in [-0.05, 0) is 49.4 Å². The number of alkyl halides is 1. The van der Waals surface area contributed by atoms with E-state index >= 15 is 0 Å². The number of benzene rings is 1. The Kier molecular flexibility index (Phi) is 4.69. The van der Waals surface area contributed by atoms with E-state index in [1.165, 1.54) is 11.1 Å². The number of aryl methyl sites for hydroxylation is 1. The van der Waals surface area contributed by atoms with Gasteiger partial charge in [-0.2, -0.15) is 0 Å². The average molecular weight is 255 g/mol. The molecule has 1 heterocycles. The molecule has 0 amide bonds. The van der Waals surface area contributed by atoms with E-state index in [-0.39, 0.29) is 6.10 Å². The van der Waals surface area contributed by atoms with Crippen molar-refractivity contribution < 1.29 is 9.47 Å². The van der Waals surface area contributed by atoms with Crippen molar-refractivity contribution in [1.29, 1.82) is 0 Å². The van der Waals surface area contributed by atoms with E-state index in [0.717, 1.165) is 31.6 Å². The van der Waals surface area contributed by atoms with Gasteiger partial charge in [0.1, 0.15) is 5.75 Å². The summed E-state index contributed by atoms with van der Waals surface area (Å²) >= 11 is 5.83. The molecular formula is C14H19ClO2. The third kappa shape index (κ3) is 3.14. The van der Waals surface area contributed by atoms with Crippen molar-refractivity contribution in [3.8, 4) is 5.75 Å². The largest absolute Gasteiger partial charge is 0.494 e. The summed E-state index contributed by atoms with van der Waals surface area (Å²) in [6.45, 7) is 3.53. The molecule has 0 aromatic heterocycles. The monoisotopic (exact) mass is 254 g/mol. The van der Waals surface area contributed by atoms with Crippen LogP contribution < -0.4 is 4.74 Å². The Morgan fingerprint density at radius 3 is 3.12 bits per heavy atom. The molecule has 0 fully saturated rings. The summed E-state index contributed by atoms with van der Waals surface area (Å²) in [5, 5.41) is 0. The van der Waals surface area contributed by atoms with Crippen LogP contribution in [0.1, 0.15) is 37.0 Å². The molecule has 2 rings (SSSR count). The smallest absolute Gasteiger partial charge is 0.119 e. The van der Waals surface area contributed by atoms with Gasteiger partial charge in [0.25, 0.3) is 0 Å². The number of hydrogen-bond acceptors (Lipinski definition) is 2. The molecule has 3 heteroatoms. The molecule has 1 atom stereocenters. The van der Waals surface area contributed by atoms with Gasteiger partial charge in [-0.25, -0.2) is 0 Å². The topological polar surface area (TPSA) is 18.5 Å². The minimum Gasteiger partial charge on any atom is -0.494 e. The summed E-state index contributed by atoms with van der Waals surface area (Å²) in [6.07, 6.45) is 3.17. The van der Waals surface area contributed by atoms with Crippen molar-refractivity contribution >= 4 is 11.6 Å². The maximum atomic E-state index is 5.84. The van der Waals surface area contributed by atoms with Crippen molar-refractivity contribution in [2.24, 2.45) is 0 Å². The van der Waals surface area contributed by atoms with Crippen molar-refractivity contribution in [2.75, 3.05) is 19.1 Å². The lowest BCUT2D eigenvalue weighted by atomic mass is 9.98. The van der Waals surface area contributed by atoms with Gasteiger partial charge in [0.2, 0.25) is 0 Å². The van der Waals surface area contributed by atoms with Crippen molar-refractivity contribution in [2.45, 2.75) is 32.3 Å². The Bertz CT molecular complexity index is 365. The molecule has 1 unspecified atom stereocenters. The zero-order valence-electron chi connectivity index (χ0n) is 10.2. The van der Waals surface area contributed by atoms with E-state index < -0.39 is 0 Å². The van der Waals surface area contributed by atoms with Gasteiger partial charge in [0.15, 0.2) is 0 Å².